The van der Waals surface area contributed by atoms with E-state index in [0.29, 0.717) is 12.5 Å². The number of benzene rings is 1. The minimum Gasteiger partial charge on any atom is -0.493 e. The maximum atomic E-state index is 13.5. The van der Waals surface area contributed by atoms with E-state index < -0.39 is 11.7 Å². The van der Waals surface area contributed by atoms with Crippen molar-refractivity contribution in [3.8, 4) is 5.75 Å². The number of rotatable bonds is 5. The lowest BCUT2D eigenvalue weighted by atomic mass is 9.97. The quantitative estimate of drug-likeness (QED) is 0.852. The summed E-state index contributed by atoms with van der Waals surface area (Å²) < 4.78 is 19.0. The molecule has 1 aromatic rings. The lowest BCUT2D eigenvalue weighted by molar-refractivity contribution is 0.0991. The van der Waals surface area contributed by atoms with Crippen LogP contribution in [0.15, 0.2) is 18.2 Å². The molecule has 1 unspecified atom stereocenters. The van der Waals surface area contributed by atoms with Crippen molar-refractivity contribution < 1.29 is 13.9 Å². The zero-order valence-corrected chi connectivity index (χ0v) is 10.8. The van der Waals surface area contributed by atoms with Crippen LogP contribution in [-0.4, -0.2) is 25.6 Å². The summed E-state index contributed by atoms with van der Waals surface area (Å²) in [4.78, 5) is 11.2. The Balaban J connectivity index is 1.92. The first-order chi connectivity index (χ1) is 9.18. The van der Waals surface area contributed by atoms with Crippen LogP contribution < -0.4 is 15.8 Å². The number of nitrogens with one attached hydrogen (secondary N) is 1. The van der Waals surface area contributed by atoms with Gasteiger partial charge >= 0.3 is 0 Å². The molecule has 1 heterocycles. The van der Waals surface area contributed by atoms with Gasteiger partial charge in [-0.15, -0.1) is 0 Å². The molecular formula is C14H19FN2O2. The Kier molecular flexibility index (Phi) is 4.74. The molecule has 0 aromatic heterocycles. The van der Waals surface area contributed by atoms with Crippen molar-refractivity contribution in [2.45, 2.75) is 19.3 Å². The molecule has 104 valence electrons. The van der Waals surface area contributed by atoms with Crippen LogP contribution in [0.1, 0.15) is 29.6 Å². The van der Waals surface area contributed by atoms with E-state index in [0.717, 1.165) is 19.5 Å². The number of carbonyl (C=O) groups is 1. The molecular weight excluding hydrogens is 247 g/mol. The monoisotopic (exact) mass is 266 g/mol. The first-order valence-electron chi connectivity index (χ1n) is 6.60. The van der Waals surface area contributed by atoms with Crippen molar-refractivity contribution in [1.29, 1.82) is 0 Å². The van der Waals surface area contributed by atoms with Crippen LogP contribution in [0, 0.1) is 11.7 Å². The summed E-state index contributed by atoms with van der Waals surface area (Å²) >= 11 is 0. The summed E-state index contributed by atoms with van der Waals surface area (Å²) in [6.07, 6.45) is 3.25. The predicted octanol–water partition coefficient (Wildman–Crippen LogP) is 1.69. The number of piperidine rings is 1. The third-order valence-corrected chi connectivity index (χ3v) is 3.40. The highest BCUT2D eigenvalue weighted by atomic mass is 19.1. The molecule has 5 heteroatoms. The smallest absolute Gasteiger partial charge is 0.255 e. The molecule has 1 atom stereocenters. The van der Waals surface area contributed by atoms with Gasteiger partial charge in [-0.1, -0.05) is 6.07 Å². The van der Waals surface area contributed by atoms with E-state index in [9.17, 15) is 9.18 Å². The van der Waals surface area contributed by atoms with E-state index in [4.69, 9.17) is 10.5 Å². The lowest BCUT2D eigenvalue weighted by Gasteiger charge is -2.22. The third kappa shape index (κ3) is 3.67. The summed E-state index contributed by atoms with van der Waals surface area (Å²) in [7, 11) is 0. The Labute approximate surface area is 112 Å². The summed E-state index contributed by atoms with van der Waals surface area (Å²) in [5, 5.41) is 3.33. The second-order valence-electron chi connectivity index (χ2n) is 4.83. The topological polar surface area (TPSA) is 64.4 Å². The fourth-order valence-corrected chi connectivity index (χ4v) is 2.37. The molecule has 0 spiro atoms. The van der Waals surface area contributed by atoms with Gasteiger partial charge in [0.25, 0.3) is 5.91 Å². The average Bonchev–Trinajstić information content (AvgIpc) is 2.39. The van der Waals surface area contributed by atoms with Crippen LogP contribution in [0.3, 0.4) is 0 Å². The Morgan fingerprint density at radius 2 is 2.37 bits per heavy atom. The molecule has 19 heavy (non-hydrogen) atoms. The Morgan fingerprint density at radius 1 is 1.53 bits per heavy atom. The van der Waals surface area contributed by atoms with Crippen LogP contribution >= 0.6 is 0 Å². The Hall–Kier alpha value is -1.62. The van der Waals surface area contributed by atoms with Crippen molar-refractivity contribution in [3.05, 3.63) is 29.6 Å². The van der Waals surface area contributed by atoms with Crippen LogP contribution in [0.4, 0.5) is 4.39 Å². The molecule has 4 nitrogen and oxygen atoms in total. The summed E-state index contributed by atoms with van der Waals surface area (Å²) in [6.45, 7) is 2.54. The first-order valence-corrected chi connectivity index (χ1v) is 6.60. The minimum absolute atomic E-state index is 0.163. The van der Waals surface area contributed by atoms with Gasteiger partial charge in [-0.25, -0.2) is 4.39 Å². The van der Waals surface area contributed by atoms with Crippen LogP contribution in [0.5, 0.6) is 5.75 Å². The maximum absolute atomic E-state index is 13.5. The Bertz CT molecular complexity index is 445. The van der Waals surface area contributed by atoms with Crippen molar-refractivity contribution >= 4 is 5.91 Å². The van der Waals surface area contributed by atoms with Crippen molar-refractivity contribution in [1.82, 2.24) is 5.32 Å². The standard InChI is InChI=1S/C14H19FN2O2/c15-11-4-1-5-12(13(11)14(16)18)19-8-6-10-3-2-7-17-9-10/h1,4-5,10,17H,2-3,6-9H2,(H2,16,18). The first kappa shape index (κ1) is 13.8. The third-order valence-electron chi connectivity index (χ3n) is 3.40. The van der Waals surface area contributed by atoms with Gasteiger partial charge in [-0.3, -0.25) is 4.79 Å². The molecule has 1 amide bonds. The van der Waals surface area contributed by atoms with Crippen molar-refractivity contribution in [2.75, 3.05) is 19.7 Å². The zero-order chi connectivity index (χ0) is 13.7. The summed E-state index contributed by atoms with van der Waals surface area (Å²) in [6, 6.07) is 4.29. The van der Waals surface area contributed by atoms with E-state index in [1.54, 1.807) is 6.07 Å². The van der Waals surface area contributed by atoms with Gasteiger partial charge in [0.15, 0.2) is 0 Å². The number of ether oxygens (including phenoxy) is 1. The van der Waals surface area contributed by atoms with Crippen LogP contribution in [0.25, 0.3) is 0 Å². The van der Waals surface area contributed by atoms with E-state index in [2.05, 4.69) is 5.32 Å². The molecule has 1 saturated heterocycles. The van der Waals surface area contributed by atoms with E-state index >= 15 is 0 Å². The highest BCUT2D eigenvalue weighted by molar-refractivity contribution is 5.95. The second-order valence-corrected chi connectivity index (χ2v) is 4.83. The largest absolute Gasteiger partial charge is 0.493 e. The number of hydrogen-bond acceptors (Lipinski definition) is 3. The van der Waals surface area contributed by atoms with Gasteiger partial charge in [0.2, 0.25) is 0 Å². The van der Waals surface area contributed by atoms with Gasteiger partial charge in [-0.05, 0) is 50.4 Å². The van der Waals surface area contributed by atoms with Gasteiger partial charge in [0.05, 0.1) is 6.61 Å². The van der Waals surface area contributed by atoms with Crippen molar-refractivity contribution in [2.24, 2.45) is 11.7 Å². The lowest BCUT2D eigenvalue weighted by Crippen LogP contribution is -2.30. The summed E-state index contributed by atoms with van der Waals surface area (Å²) in [5.74, 6) is -0.618. The molecule has 0 radical (unpaired) electrons. The van der Waals surface area contributed by atoms with Crippen LogP contribution in [0.2, 0.25) is 0 Å². The fraction of sp³-hybridized carbons (Fsp3) is 0.500. The Morgan fingerprint density at radius 3 is 3.05 bits per heavy atom. The molecule has 1 aliphatic rings. The molecule has 2 rings (SSSR count). The van der Waals surface area contributed by atoms with Gasteiger partial charge in [-0.2, -0.15) is 0 Å². The van der Waals surface area contributed by atoms with E-state index in [1.807, 2.05) is 0 Å². The van der Waals surface area contributed by atoms with Gasteiger partial charge in [0.1, 0.15) is 17.1 Å². The SMILES string of the molecule is NC(=O)c1c(F)cccc1OCCC1CCCNC1. The summed E-state index contributed by atoms with van der Waals surface area (Å²) in [5.41, 5.74) is 5.00. The highest BCUT2D eigenvalue weighted by Crippen LogP contribution is 2.22. The number of primary amides is 1. The molecule has 0 aliphatic carbocycles. The zero-order valence-electron chi connectivity index (χ0n) is 10.8. The van der Waals surface area contributed by atoms with Crippen LogP contribution in [-0.2, 0) is 0 Å². The second kappa shape index (κ2) is 6.52. The highest BCUT2D eigenvalue weighted by Gasteiger charge is 2.16. The molecule has 0 saturated carbocycles. The van der Waals surface area contributed by atoms with Gasteiger partial charge < -0.3 is 15.8 Å². The molecule has 3 N–H and O–H groups in total. The fourth-order valence-electron chi connectivity index (χ4n) is 2.37. The van der Waals surface area contributed by atoms with E-state index in [1.165, 1.54) is 25.0 Å². The maximum Gasteiger partial charge on any atom is 0.255 e. The number of halogens is 1. The number of hydrogen-bond donors (Lipinski definition) is 2. The predicted molar refractivity (Wildman–Crippen MR) is 70.6 cm³/mol. The van der Waals surface area contributed by atoms with Gasteiger partial charge in [0, 0.05) is 0 Å². The molecule has 1 aliphatic heterocycles. The molecule has 1 fully saturated rings. The minimum atomic E-state index is -0.799. The number of carbonyl (C=O) groups excluding carboxylic acids is 1. The van der Waals surface area contributed by atoms with Crippen molar-refractivity contribution in [3.63, 3.8) is 0 Å². The van der Waals surface area contributed by atoms with E-state index in [-0.39, 0.29) is 11.3 Å². The number of amides is 1. The molecule has 1 aromatic carbocycles. The average molecular weight is 266 g/mol. The normalized spacial score (nSPS) is 19.1. The number of nitrogens with two attached hydrogens (primary N) is 1. The molecule has 0 bridgehead atoms.